The summed E-state index contributed by atoms with van der Waals surface area (Å²) in [6.07, 6.45) is 4.00. The molecule has 0 radical (unpaired) electrons. The number of carboxylic acids is 1. The lowest BCUT2D eigenvalue weighted by atomic mass is 9.68. The number of rotatable bonds is 9. The van der Waals surface area contributed by atoms with Gasteiger partial charge in [0.25, 0.3) is 0 Å². The van der Waals surface area contributed by atoms with Gasteiger partial charge in [0.2, 0.25) is 0 Å². The summed E-state index contributed by atoms with van der Waals surface area (Å²) in [5.41, 5.74) is 1.32. The zero-order valence-corrected chi connectivity index (χ0v) is 25.8. The molecule has 0 bridgehead atoms. The van der Waals surface area contributed by atoms with Crippen molar-refractivity contribution in [1.82, 2.24) is 25.0 Å². The van der Waals surface area contributed by atoms with Crippen molar-refractivity contribution in [3.63, 3.8) is 0 Å². The number of thiocarbonyl (C=S) groups is 1. The number of hydrogen-bond acceptors (Lipinski definition) is 9. The third kappa shape index (κ3) is 5.53. The van der Waals surface area contributed by atoms with E-state index in [0.717, 1.165) is 11.5 Å². The predicted octanol–water partition coefficient (Wildman–Crippen LogP) is 3.34. The van der Waals surface area contributed by atoms with Crippen molar-refractivity contribution in [3.8, 4) is 0 Å². The minimum absolute atomic E-state index is 0.107. The first-order chi connectivity index (χ1) is 20.7. The van der Waals surface area contributed by atoms with Crippen molar-refractivity contribution in [2.75, 3.05) is 45.9 Å². The lowest BCUT2D eigenvalue weighted by molar-refractivity contribution is -0.155. The molecule has 0 unspecified atom stereocenters. The van der Waals surface area contributed by atoms with Crippen LogP contribution >= 0.6 is 23.6 Å². The normalized spacial score (nSPS) is 23.4. The van der Waals surface area contributed by atoms with E-state index in [0.29, 0.717) is 85.4 Å². The van der Waals surface area contributed by atoms with Crippen LogP contribution in [0.3, 0.4) is 0 Å². The van der Waals surface area contributed by atoms with Gasteiger partial charge in [-0.05, 0) is 56.1 Å². The summed E-state index contributed by atoms with van der Waals surface area (Å²) >= 11 is 7.23. The minimum Gasteiger partial charge on any atom is -0.481 e. The number of benzene rings is 1. The topological polar surface area (TPSA) is 111 Å². The Morgan fingerprint density at radius 2 is 2.09 bits per heavy atom. The van der Waals surface area contributed by atoms with E-state index in [2.05, 4.69) is 25.0 Å². The summed E-state index contributed by atoms with van der Waals surface area (Å²) in [4.78, 5) is 41.4. The van der Waals surface area contributed by atoms with Gasteiger partial charge in [0.05, 0.1) is 23.6 Å². The molecule has 10 nitrogen and oxygen atoms in total. The Balaban J connectivity index is 1.28. The summed E-state index contributed by atoms with van der Waals surface area (Å²) in [5.74, 6) is -1.07. The van der Waals surface area contributed by atoms with Crippen LogP contribution < -0.4 is 5.32 Å². The first-order valence-corrected chi connectivity index (χ1v) is 15.9. The van der Waals surface area contributed by atoms with Crippen LogP contribution in [-0.4, -0.2) is 99.6 Å². The number of hydrogen-bond donors (Lipinski definition) is 2. The molecular formula is C30H35FN6O4S2. The molecular weight excluding hydrogens is 592 g/mol. The molecule has 4 aliphatic rings. The Hall–Kier alpha value is -3.42. The van der Waals surface area contributed by atoms with E-state index in [-0.39, 0.29) is 18.5 Å². The van der Waals surface area contributed by atoms with Crippen LogP contribution in [0.1, 0.15) is 48.4 Å². The second kappa shape index (κ2) is 11.9. The maximum Gasteiger partial charge on any atom is 0.338 e. The first kappa shape index (κ1) is 29.6. The Bertz CT molecular complexity index is 1490. The zero-order valence-electron chi connectivity index (χ0n) is 24.2. The Labute approximate surface area is 259 Å². The number of piperazine rings is 1. The molecule has 13 heteroatoms. The highest BCUT2D eigenvalue weighted by molar-refractivity contribution is 7.80. The largest absolute Gasteiger partial charge is 0.481 e. The standard InChI is InChI=1S/C30H35FN6O4S2/c1-3-41-27(38)23-22(33-25(26-32-10-13-43-26)34-24(23)20-6-4-7-21(31)18(20)2)16-35-11-12-37-19(14-35)15-36(29(37)42)17-30(28(39)40)8-5-9-30/h4,6-7,10,13,19,24H,3,5,8-9,11-12,14-17H2,1-2H3,(H,33,34)(H,39,40)/t19-,24-/m0/s1. The highest BCUT2D eigenvalue weighted by Gasteiger charge is 2.49. The average molecular weight is 627 g/mol. The number of halogens is 1. The van der Waals surface area contributed by atoms with Crippen molar-refractivity contribution in [3.05, 3.63) is 63.0 Å². The van der Waals surface area contributed by atoms with Gasteiger partial charge < -0.3 is 25.0 Å². The van der Waals surface area contributed by atoms with Gasteiger partial charge in [-0.25, -0.2) is 14.2 Å². The van der Waals surface area contributed by atoms with Gasteiger partial charge in [-0.3, -0.25) is 14.7 Å². The van der Waals surface area contributed by atoms with Gasteiger partial charge in [0, 0.05) is 56.5 Å². The number of amidine groups is 1. The number of esters is 1. The lowest BCUT2D eigenvalue weighted by Crippen LogP contribution is -2.53. The Morgan fingerprint density at radius 1 is 1.28 bits per heavy atom. The van der Waals surface area contributed by atoms with Crippen molar-refractivity contribution >= 4 is 46.4 Å². The molecule has 2 N–H and O–H groups in total. The second-order valence-corrected chi connectivity index (χ2v) is 12.9. The van der Waals surface area contributed by atoms with Crippen LogP contribution in [0.2, 0.25) is 0 Å². The SMILES string of the molecule is CCOC(=O)C1=C(CN2CCN3C(=S)N(CC4(C(=O)O)CCC4)C[C@@H]3C2)NC(c2nccs2)=N[C@H]1c1cccc(F)c1C. The van der Waals surface area contributed by atoms with Crippen LogP contribution in [0.5, 0.6) is 0 Å². The highest BCUT2D eigenvalue weighted by Crippen LogP contribution is 2.43. The molecule has 2 saturated heterocycles. The van der Waals surface area contributed by atoms with E-state index < -0.39 is 23.4 Å². The van der Waals surface area contributed by atoms with Gasteiger partial charge in [0.1, 0.15) is 11.9 Å². The van der Waals surface area contributed by atoms with Crippen LogP contribution in [0.4, 0.5) is 4.39 Å². The van der Waals surface area contributed by atoms with Crippen molar-refractivity contribution < 1.29 is 23.8 Å². The summed E-state index contributed by atoms with van der Waals surface area (Å²) in [5, 5.41) is 16.5. The van der Waals surface area contributed by atoms with Crippen LogP contribution in [0.25, 0.3) is 0 Å². The molecule has 6 rings (SSSR count). The molecule has 4 heterocycles. The van der Waals surface area contributed by atoms with Crippen molar-refractivity contribution in [2.24, 2.45) is 10.4 Å². The molecule has 1 aromatic heterocycles. The van der Waals surface area contributed by atoms with E-state index in [1.165, 1.54) is 17.4 Å². The maximum absolute atomic E-state index is 14.7. The van der Waals surface area contributed by atoms with Crippen molar-refractivity contribution in [2.45, 2.75) is 45.2 Å². The van der Waals surface area contributed by atoms with Gasteiger partial charge in [-0.1, -0.05) is 18.6 Å². The monoisotopic (exact) mass is 626 g/mol. The number of nitrogens with zero attached hydrogens (tertiary/aromatic N) is 5. The molecule has 3 aliphatic heterocycles. The van der Waals surface area contributed by atoms with Gasteiger partial charge in [0.15, 0.2) is 16.0 Å². The molecule has 1 aliphatic carbocycles. The fourth-order valence-electron chi connectivity index (χ4n) is 6.51. The quantitative estimate of drug-likeness (QED) is 0.318. The lowest BCUT2D eigenvalue weighted by Gasteiger charge is -2.40. The number of ether oxygens (including phenoxy) is 1. The van der Waals surface area contributed by atoms with E-state index in [4.69, 9.17) is 21.9 Å². The fourth-order valence-corrected chi connectivity index (χ4v) is 7.48. The summed E-state index contributed by atoms with van der Waals surface area (Å²) in [6.45, 7) is 7.25. The van der Waals surface area contributed by atoms with E-state index >= 15 is 0 Å². The highest BCUT2D eigenvalue weighted by atomic mass is 32.1. The summed E-state index contributed by atoms with van der Waals surface area (Å²) in [7, 11) is 0. The second-order valence-electron chi connectivity index (χ2n) is 11.6. The zero-order chi connectivity index (χ0) is 30.3. The number of aromatic nitrogens is 1. The number of aliphatic imine (C=N–C) groups is 1. The number of thiazole rings is 1. The number of carbonyl (C=O) groups is 2. The molecule has 0 spiro atoms. The molecule has 1 saturated carbocycles. The smallest absolute Gasteiger partial charge is 0.338 e. The predicted molar refractivity (Wildman–Crippen MR) is 164 cm³/mol. The maximum atomic E-state index is 14.7. The van der Waals surface area contributed by atoms with E-state index in [1.807, 2.05) is 5.38 Å². The molecule has 2 atom stereocenters. The van der Waals surface area contributed by atoms with Crippen LogP contribution in [0, 0.1) is 18.2 Å². The summed E-state index contributed by atoms with van der Waals surface area (Å²) < 4.78 is 20.3. The number of nitrogens with one attached hydrogen (secondary N) is 1. The van der Waals surface area contributed by atoms with Crippen molar-refractivity contribution in [1.29, 1.82) is 0 Å². The number of aliphatic carboxylic acids is 1. The molecule has 2 aromatic rings. The summed E-state index contributed by atoms with van der Waals surface area (Å²) in [6, 6.07) is 4.17. The molecule has 228 valence electrons. The number of carbonyl (C=O) groups excluding carboxylic acids is 1. The van der Waals surface area contributed by atoms with E-state index in [9.17, 15) is 19.1 Å². The van der Waals surface area contributed by atoms with Gasteiger partial charge >= 0.3 is 11.9 Å². The molecule has 3 fully saturated rings. The molecule has 1 aromatic carbocycles. The van der Waals surface area contributed by atoms with Gasteiger partial charge in [-0.15, -0.1) is 11.3 Å². The average Bonchev–Trinajstić information content (AvgIpc) is 3.60. The minimum atomic E-state index is -0.768. The third-order valence-electron chi connectivity index (χ3n) is 9.01. The van der Waals surface area contributed by atoms with E-state index in [1.54, 1.807) is 32.2 Å². The first-order valence-electron chi connectivity index (χ1n) is 14.6. The third-order valence-corrected chi connectivity index (χ3v) is 10.3. The molecule has 43 heavy (non-hydrogen) atoms. The number of fused-ring (bicyclic) bond motifs is 1. The molecule has 0 amide bonds. The Kier molecular flexibility index (Phi) is 8.22. The van der Waals surface area contributed by atoms with Gasteiger partial charge in [-0.2, -0.15) is 0 Å². The van der Waals surface area contributed by atoms with Crippen LogP contribution in [0.15, 0.2) is 46.0 Å². The fraction of sp³-hybridized carbons (Fsp3) is 0.500. The number of carboxylic acid groups (broad SMARTS) is 1. The Morgan fingerprint density at radius 3 is 2.77 bits per heavy atom. The van der Waals surface area contributed by atoms with Crippen LogP contribution in [-0.2, 0) is 14.3 Å².